The zero-order valence-corrected chi connectivity index (χ0v) is 12.5. The Hall–Kier alpha value is -2.40. The number of hydrogen-bond donors (Lipinski definition) is 1. The van der Waals surface area contributed by atoms with Crippen LogP contribution in [0.3, 0.4) is 0 Å². The van der Waals surface area contributed by atoms with Gasteiger partial charge in [0.05, 0.1) is 23.1 Å². The van der Waals surface area contributed by atoms with Gasteiger partial charge in [0.25, 0.3) is 0 Å². The van der Waals surface area contributed by atoms with Crippen LogP contribution in [0.5, 0.6) is 0 Å². The third kappa shape index (κ3) is 2.60. The molecule has 2 aromatic carbocycles. The van der Waals surface area contributed by atoms with Crippen LogP contribution in [0, 0.1) is 0 Å². The van der Waals surface area contributed by atoms with Crippen molar-refractivity contribution in [3.05, 3.63) is 70.8 Å². The average Bonchev–Trinajstić information content (AvgIpc) is 2.97. The van der Waals surface area contributed by atoms with E-state index in [1.807, 2.05) is 42.5 Å². The molecule has 3 aromatic rings. The van der Waals surface area contributed by atoms with Gasteiger partial charge < -0.3 is 5.11 Å². The molecule has 0 unspecified atom stereocenters. The lowest BCUT2D eigenvalue weighted by Crippen LogP contribution is -2.04. The number of aromatic nitrogens is 2. The Labute approximate surface area is 129 Å². The number of nitrogens with zero attached hydrogens (tertiary/aromatic N) is 2. The predicted octanol–water partition coefficient (Wildman–Crippen LogP) is 4.00. The maximum atomic E-state index is 11.5. The highest BCUT2D eigenvalue weighted by atomic mass is 79.9. The second-order valence-electron chi connectivity index (χ2n) is 4.46. The summed E-state index contributed by atoms with van der Waals surface area (Å²) in [4.78, 5) is 11.5. The summed E-state index contributed by atoms with van der Waals surface area (Å²) in [5, 5.41) is 13.7. The standard InChI is InChI=1S/C16H11BrN2O2/c17-11-6-7-13(14(10-11)16(20)21)15-8-9-18-19(15)12-4-2-1-3-5-12/h1-10H,(H,20,21). The molecular weight excluding hydrogens is 332 g/mol. The lowest BCUT2D eigenvalue weighted by atomic mass is 10.0. The van der Waals surface area contributed by atoms with Crippen LogP contribution in [0.2, 0.25) is 0 Å². The van der Waals surface area contributed by atoms with Gasteiger partial charge in [-0.15, -0.1) is 0 Å². The lowest BCUT2D eigenvalue weighted by molar-refractivity contribution is 0.0697. The van der Waals surface area contributed by atoms with Crippen LogP contribution in [0.25, 0.3) is 16.9 Å². The Morgan fingerprint density at radius 2 is 1.86 bits per heavy atom. The van der Waals surface area contributed by atoms with Gasteiger partial charge in [0.1, 0.15) is 0 Å². The molecule has 0 aliphatic heterocycles. The SMILES string of the molecule is O=C(O)c1cc(Br)ccc1-c1ccnn1-c1ccccc1. The minimum absolute atomic E-state index is 0.238. The molecule has 21 heavy (non-hydrogen) atoms. The number of carbonyl (C=O) groups is 1. The first kappa shape index (κ1) is 13.6. The van der Waals surface area contributed by atoms with E-state index in [9.17, 15) is 9.90 Å². The summed E-state index contributed by atoms with van der Waals surface area (Å²) in [5.41, 5.74) is 2.50. The molecule has 0 radical (unpaired) electrons. The highest BCUT2D eigenvalue weighted by Crippen LogP contribution is 2.28. The van der Waals surface area contributed by atoms with Crippen LogP contribution in [0.1, 0.15) is 10.4 Å². The molecule has 1 heterocycles. The van der Waals surface area contributed by atoms with Crippen LogP contribution in [0.4, 0.5) is 0 Å². The van der Waals surface area contributed by atoms with Gasteiger partial charge in [-0.05, 0) is 30.3 Å². The van der Waals surface area contributed by atoms with E-state index in [2.05, 4.69) is 21.0 Å². The van der Waals surface area contributed by atoms with Crippen molar-refractivity contribution in [2.45, 2.75) is 0 Å². The van der Waals surface area contributed by atoms with Gasteiger partial charge in [-0.3, -0.25) is 0 Å². The van der Waals surface area contributed by atoms with Crippen molar-refractivity contribution < 1.29 is 9.90 Å². The van der Waals surface area contributed by atoms with Crippen molar-refractivity contribution in [3.8, 4) is 16.9 Å². The van der Waals surface area contributed by atoms with E-state index in [0.29, 0.717) is 5.56 Å². The third-order valence-corrected chi connectivity index (χ3v) is 3.62. The minimum Gasteiger partial charge on any atom is -0.478 e. The molecule has 0 saturated heterocycles. The van der Waals surface area contributed by atoms with Crippen LogP contribution in [-0.2, 0) is 0 Å². The first-order valence-corrected chi connectivity index (χ1v) is 7.09. The molecule has 0 amide bonds. The maximum Gasteiger partial charge on any atom is 0.336 e. The number of para-hydroxylation sites is 1. The average molecular weight is 343 g/mol. The molecule has 0 atom stereocenters. The molecule has 5 heteroatoms. The number of benzene rings is 2. The summed E-state index contributed by atoms with van der Waals surface area (Å²) >= 11 is 3.31. The quantitative estimate of drug-likeness (QED) is 0.782. The monoisotopic (exact) mass is 342 g/mol. The van der Waals surface area contributed by atoms with Gasteiger partial charge in [-0.25, -0.2) is 9.48 Å². The predicted molar refractivity (Wildman–Crippen MR) is 83.7 cm³/mol. The summed E-state index contributed by atoms with van der Waals surface area (Å²) in [7, 11) is 0. The van der Waals surface area contributed by atoms with E-state index < -0.39 is 5.97 Å². The summed E-state index contributed by atoms with van der Waals surface area (Å²) in [5.74, 6) is -0.966. The van der Waals surface area contributed by atoms with Gasteiger partial charge >= 0.3 is 5.97 Å². The van der Waals surface area contributed by atoms with Crippen molar-refractivity contribution in [3.63, 3.8) is 0 Å². The van der Waals surface area contributed by atoms with E-state index in [1.165, 1.54) is 0 Å². The largest absolute Gasteiger partial charge is 0.478 e. The van der Waals surface area contributed by atoms with Crippen LogP contribution >= 0.6 is 15.9 Å². The molecule has 0 bridgehead atoms. The summed E-state index contributed by atoms with van der Waals surface area (Å²) in [6.45, 7) is 0. The zero-order chi connectivity index (χ0) is 14.8. The second-order valence-corrected chi connectivity index (χ2v) is 5.37. The molecule has 0 fully saturated rings. The summed E-state index contributed by atoms with van der Waals surface area (Å²) in [6.07, 6.45) is 1.66. The fourth-order valence-electron chi connectivity index (χ4n) is 2.20. The normalized spacial score (nSPS) is 10.5. The number of aromatic carboxylic acids is 1. The van der Waals surface area contributed by atoms with Gasteiger partial charge in [0.15, 0.2) is 0 Å². The maximum absolute atomic E-state index is 11.5. The molecule has 1 aromatic heterocycles. The number of halogens is 1. The number of hydrogen-bond acceptors (Lipinski definition) is 2. The fourth-order valence-corrected chi connectivity index (χ4v) is 2.56. The van der Waals surface area contributed by atoms with Crippen molar-refractivity contribution in [2.75, 3.05) is 0 Å². The molecule has 0 saturated carbocycles. The number of carboxylic acids is 1. The molecule has 1 N–H and O–H groups in total. The van der Waals surface area contributed by atoms with Crippen LogP contribution in [-0.4, -0.2) is 20.9 Å². The summed E-state index contributed by atoms with van der Waals surface area (Å²) < 4.78 is 2.46. The highest BCUT2D eigenvalue weighted by molar-refractivity contribution is 9.10. The van der Waals surface area contributed by atoms with Crippen molar-refractivity contribution in [2.24, 2.45) is 0 Å². The number of carboxylic acid groups (broad SMARTS) is 1. The Kier molecular flexibility index (Phi) is 3.58. The molecule has 0 spiro atoms. The molecule has 3 rings (SSSR count). The van der Waals surface area contributed by atoms with Gasteiger partial charge in [0, 0.05) is 10.0 Å². The topological polar surface area (TPSA) is 55.1 Å². The van der Waals surface area contributed by atoms with Crippen molar-refractivity contribution in [1.82, 2.24) is 9.78 Å². The molecule has 0 aliphatic rings. The van der Waals surface area contributed by atoms with Crippen molar-refractivity contribution >= 4 is 21.9 Å². The van der Waals surface area contributed by atoms with E-state index in [-0.39, 0.29) is 5.56 Å². The first-order chi connectivity index (χ1) is 10.2. The molecule has 104 valence electrons. The zero-order valence-electron chi connectivity index (χ0n) is 10.9. The third-order valence-electron chi connectivity index (χ3n) is 3.13. The smallest absolute Gasteiger partial charge is 0.336 e. The van der Waals surface area contributed by atoms with Gasteiger partial charge in [0.2, 0.25) is 0 Å². The number of rotatable bonds is 3. The van der Waals surface area contributed by atoms with E-state index >= 15 is 0 Å². The molecular formula is C16H11BrN2O2. The molecule has 0 aliphatic carbocycles. The Bertz CT molecular complexity index is 797. The van der Waals surface area contributed by atoms with E-state index in [1.54, 1.807) is 23.0 Å². The fraction of sp³-hybridized carbons (Fsp3) is 0. The Balaban J connectivity index is 2.20. The lowest BCUT2D eigenvalue weighted by Gasteiger charge is -2.10. The highest BCUT2D eigenvalue weighted by Gasteiger charge is 2.16. The van der Waals surface area contributed by atoms with E-state index in [4.69, 9.17) is 0 Å². The summed E-state index contributed by atoms with van der Waals surface area (Å²) in [6, 6.07) is 16.6. The van der Waals surface area contributed by atoms with Crippen molar-refractivity contribution in [1.29, 1.82) is 0 Å². The van der Waals surface area contributed by atoms with Gasteiger partial charge in [-0.2, -0.15) is 5.10 Å². The van der Waals surface area contributed by atoms with Crippen LogP contribution in [0.15, 0.2) is 65.3 Å². The van der Waals surface area contributed by atoms with E-state index in [0.717, 1.165) is 15.9 Å². The first-order valence-electron chi connectivity index (χ1n) is 6.29. The second kappa shape index (κ2) is 5.54. The van der Waals surface area contributed by atoms with Crippen LogP contribution < -0.4 is 0 Å². The Morgan fingerprint density at radius 3 is 2.57 bits per heavy atom. The van der Waals surface area contributed by atoms with Gasteiger partial charge in [-0.1, -0.05) is 40.2 Å². The Morgan fingerprint density at radius 1 is 1.10 bits per heavy atom. The molecule has 4 nitrogen and oxygen atoms in total. The minimum atomic E-state index is -0.966.